The molecule has 0 aromatic heterocycles. The van der Waals surface area contributed by atoms with E-state index in [9.17, 15) is 5.11 Å². The first-order valence-electron chi connectivity index (χ1n) is 9.41. The number of hydrogen-bond donors (Lipinski definition) is 1. The van der Waals surface area contributed by atoms with Crippen molar-refractivity contribution in [3.63, 3.8) is 0 Å². The van der Waals surface area contributed by atoms with Gasteiger partial charge >= 0.3 is 0 Å². The largest absolute Gasteiger partial charge is 0.447 e. The summed E-state index contributed by atoms with van der Waals surface area (Å²) in [7, 11) is 0. The molecule has 0 radical (unpaired) electrons. The number of fused-ring (bicyclic) bond motifs is 2. The molecule has 4 heteroatoms. The Hall–Kier alpha value is -2.56. The van der Waals surface area contributed by atoms with E-state index in [0.29, 0.717) is 30.9 Å². The van der Waals surface area contributed by atoms with E-state index in [1.165, 1.54) is 5.39 Å². The zero-order valence-corrected chi connectivity index (χ0v) is 15.2. The Balaban J connectivity index is 1.42. The normalized spacial score (nSPS) is 27.0. The maximum absolute atomic E-state index is 11.1. The fourth-order valence-electron chi connectivity index (χ4n) is 4.06. The first-order valence-corrected chi connectivity index (χ1v) is 9.41. The van der Waals surface area contributed by atoms with Crippen LogP contribution in [0, 0.1) is 0 Å². The molecule has 27 heavy (non-hydrogen) atoms. The van der Waals surface area contributed by atoms with Gasteiger partial charge in [-0.05, 0) is 41.5 Å². The van der Waals surface area contributed by atoms with Crippen molar-refractivity contribution >= 4 is 10.8 Å². The summed E-state index contributed by atoms with van der Waals surface area (Å²) >= 11 is 0. The van der Waals surface area contributed by atoms with E-state index in [1.807, 2.05) is 43.3 Å². The van der Waals surface area contributed by atoms with Gasteiger partial charge < -0.3 is 19.3 Å². The first kappa shape index (κ1) is 16.6. The van der Waals surface area contributed by atoms with Crippen LogP contribution < -0.4 is 9.47 Å². The molecule has 0 saturated carbocycles. The third-order valence-corrected chi connectivity index (χ3v) is 5.54. The topological polar surface area (TPSA) is 47.9 Å². The molecule has 2 aliphatic heterocycles. The van der Waals surface area contributed by atoms with Gasteiger partial charge in [-0.3, -0.25) is 0 Å². The van der Waals surface area contributed by atoms with Crippen LogP contribution >= 0.6 is 0 Å². The molecule has 5 rings (SSSR count). The van der Waals surface area contributed by atoms with Crippen molar-refractivity contribution in [2.24, 2.45) is 0 Å². The highest BCUT2D eigenvalue weighted by Gasteiger charge is 2.37. The predicted molar refractivity (Wildman–Crippen MR) is 103 cm³/mol. The quantitative estimate of drug-likeness (QED) is 0.718. The maximum Gasteiger partial charge on any atom is 0.267 e. The van der Waals surface area contributed by atoms with Gasteiger partial charge in [-0.2, -0.15) is 0 Å². The van der Waals surface area contributed by atoms with Crippen molar-refractivity contribution in [2.75, 3.05) is 6.61 Å². The van der Waals surface area contributed by atoms with Crippen molar-refractivity contribution in [3.05, 3.63) is 71.8 Å². The van der Waals surface area contributed by atoms with Crippen molar-refractivity contribution < 1.29 is 19.3 Å². The lowest BCUT2D eigenvalue weighted by molar-refractivity contribution is -0.101. The lowest BCUT2D eigenvalue weighted by atomic mass is 9.84. The summed E-state index contributed by atoms with van der Waals surface area (Å²) < 4.78 is 17.7. The van der Waals surface area contributed by atoms with E-state index < -0.39 is 11.9 Å². The number of ether oxygens (including phenoxy) is 3. The molecule has 1 unspecified atom stereocenters. The standard InChI is InChI=1S/C23H22O4/c1-15-14-23(24,10-11-25-15)19-8-9-20-21(13-19)27-22(26-20)18-7-6-16-4-2-3-5-17(16)12-18/h2-9,12-13,15,22,24H,10-11,14H2,1H3/t15-,22?,23-/m1/s1. The Morgan fingerprint density at radius 3 is 2.59 bits per heavy atom. The average Bonchev–Trinajstić information content (AvgIpc) is 3.11. The third-order valence-electron chi connectivity index (χ3n) is 5.54. The van der Waals surface area contributed by atoms with E-state index in [4.69, 9.17) is 14.2 Å². The summed E-state index contributed by atoms with van der Waals surface area (Å²) in [4.78, 5) is 0. The maximum atomic E-state index is 11.1. The molecule has 2 heterocycles. The first-order chi connectivity index (χ1) is 13.1. The zero-order valence-electron chi connectivity index (χ0n) is 15.2. The molecular formula is C23H22O4. The fraction of sp³-hybridized carbons (Fsp3) is 0.304. The molecule has 3 aromatic carbocycles. The minimum absolute atomic E-state index is 0.0412. The molecular weight excluding hydrogens is 340 g/mol. The molecule has 1 N–H and O–H groups in total. The summed E-state index contributed by atoms with van der Waals surface area (Å²) in [5, 5.41) is 13.4. The molecule has 1 saturated heterocycles. The van der Waals surface area contributed by atoms with Gasteiger partial charge in [-0.15, -0.1) is 0 Å². The summed E-state index contributed by atoms with van der Waals surface area (Å²) in [6.45, 7) is 2.55. The van der Waals surface area contributed by atoms with Gasteiger partial charge in [-0.1, -0.05) is 42.5 Å². The second kappa shape index (κ2) is 6.25. The number of aliphatic hydroxyl groups is 1. The van der Waals surface area contributed by atoms with E-state index >= 15 is 0 Å². The van der Waals surface area contributed by atoms with Gasteiger partial charge in [-0.25, -0.2) is 0 Å². The minimum Gasteiger partial charge on any atom is -0.447 e. The van der Waals surface area contributed by atoms with Crippen LogP contribution in [0.4, 0.5) is 0 Å². The van der Waals surface area contributed by atoms with Gasteiger partial charge in [0.15, 0.2) is 11.5 Å². The highest BCUT2D eigenvalue weighted by atomic mass is 16.7. The van der Waals surface area contributed by atoms with E-state index in [2.05, 4.69) is 24.3 Å². The van der Waals surface area contributed by atoms with Crippen LogP contribution in [0.1, 0.15) is 37.2 Å². The second-order valence-electron chi connectivity index (χ2n) is 7.50. The molecule has 0 bridgehead atoms. The summed E-state index contributed by atoms with van der Waals surface area (Å²) in [6.07, 6.45) is 0.744. The Morgan fingerprint density at radius 2 is 1.74 bits per heavy atom. The second-order valence-corrected chi connectivity index (χ2v) is 7.50. The van der Waals surface area contributed by atoms with Crippen molar-refractivity contribution in [3.8, 4) is 11.5 Å². The van der Waals surface area contributed by atoms with Gasteiger partial charge in [0.25, 0.3) is 6.29 Å². The van der Waals surface area contributed by atoms with E-state index in [1.54, 1.807) is 0 Å². The number of benzene rings is 3. The fourth-order valence-corrected chi connectivity index (χ4v) is 4.06. The van der Waals surface area contributed by atoms with Gasteiger partial charge in [0, 0.05) is 18.4 Å². The predicted octanol–water partition coefficient (Wildman–Crippen LogP) is 4.70. The van der Waals surface area contributed by atoms with Crippen LogP contribution in [0.3, 0.4) is 0 Å². The highest BCUT2D eigenvalue weighted by Crippen LogP contribution is 2.44. The number of hydrogen-bond acceptors (Lipinski definition) is 4. The van der Waals surface area contributed by atoms with Crippen LogP contribution in [0.25, 0.3) is 10.8 Å². The number of rotatable bonds is 2. The Labute approximate surface area is 158 Å². The summed E-state index contributed by atoms with van der Waals surface area (Å²) in [6, 6.07) is 20.2. The lowest BCUT2D eigenvalue weighted by Gasteiger charge is -2.36. The van der Waals surface area contributed by atoms with Crippen LogP contribution in [-0.4, -0.2) is 17.8 Å². The molecule has 4 nitrogen and oxygen atoms in total. The Morgan fingerprint density at radius 1 is 0.926 bits per heavy atom. The van der Waals surface area contributed by atoms with Gasteiger partial charge in [0.05, 0.1) is 18.3 Å². The smallest absolute Gasteiger partial charge is 0.267 e. The summed E-state index contributed by atoms with van der Waals surface area (Å²) in [5.74, 6) is 1.39. The Bertz CT molecular complexity index is 999. The molecule has 138 valence electrons. The molecule has 0 aliphatic carbocycles. The van der Waals surface area contributed by atoms with Crippen molar-refractivity contribution in [1.29, 1.82) is 0 Å². The van der Waals surface area contributed by atoms with E-state index in [0.717, 1.165) is 16.5 Å². The highest BCUT2D eigenvalue weighted by molar-refractivity contribution is 5.83. The molecule has 0 amide bonds. The summed E-state index contributed by atoms with van der Waals surface area (Å²) in [5.41, 5.74) is 0.959. The van der Waals surface area contributed by atoms with Crippen molar-refractivity contribution in [2.45, 2.75) is 37.8 Å². The molecule has 3 aromatic rings. The average molecular weight is 362 g/mol. The minimum atomic E-state index is -0.878. The van der Waals surface area contributed by atoms with Crippen LogP contribution in [0.5, 0.6) is 11.5 Å². The zero-order chi connectivity index (χ0) is 18.4. The monoisotopic (exact) mass is 362 g/mol. The van der Waals surface area contributed by atoms with Crippen LogP contribution in [-0.2, 0) is 10.3 Å². The lowest BCUT2D eigenvalue weighted by Crippen LogP contribution is -2.37. The molecule has 0 spiro atoms. The van der Waals surface area contributed by atoms with Crippen LogP contribution in [0.15, 0.2) is 60.7 Å². The van der Waals surface area contributed by atoms with Gasteiger partial charge in [0.2, 0.25) is 0 Å². The van der Waals surface area contributed by atoms with E-state index in [-0.39, 0.29) is 6.10 Å². The SMILES string of the molecule is C[C@@H]1C[C@@](O)(c2ccc3c(c2)OC(c2ccc4ccccc4c2)O3)CCO1. The van der Waals surface area contributed by atoms with Crippen LogP contribution in [0.2, 0.25) is 0 Å². The molecule has 3 atom stereocenters. The van der Waals surface area contributed by atoms with Crippen molar-refractivity contribution in [1.82, 2.24) is 0 Å². The Kier molecular flexibility index (Phi) is 3.85. The third kappa shape index (κ3) is 2.95. The molecule has 2 aliphatic rings. The molecule has 1 fully saturated rings. The van der Waals surface area contributed by atoms with Gasteiger partial charge in [0.1, 0.15) is 0 Å².